The van der Waals surface area contributed by atoms with Gasteiger partial charge in [-0.3, -0.25) is 0 Å². The molecular formula is C19H22N4O. The SMILES string of the molecule is COc1ccc(-c2ccc3c(N4CCN(C)CC4)nccn23)cc1. The Morgan fingerprint density at radius 3 is 2.42 bits per heavy atom. The highest BCUT2D eigenvalue weighted by Gasteiger charge is 2.18. The van der Waals surface area contributed by atoms with Gasteiger partial charge in [-0.05, 0) is 49.0 Å². The van der Waals surface area contributed by atoms with E-state index in [1.54, 1.807) is 7.11 Å². The number of hydrogen-bond acceptors (Lipinski definition) is 4. The van der Waals surface area contributed by atoms with Crippen molar-refractivity contribution in [3.05, 3.63) is 48.8 Å². The lowest BCUT2D eigenvalue weighted by molar-refractivity contribution is 0.312. The smallest absolute Gasteiger partial charge is 0.153 e. The minimum Gasteiger partial charge on any atom is -0.497 e. The summed E-state index contributed by atoms with van der Waals surface area (Å²) in [5.74, 6) is 1.95. The van der Waals surface area contributed by atoms with Crippen LogP contribution in [0.4, 0.5) is 5.82 Å². The van der Waals surface area contributed by atoms with Crippen molar-refractivity contribution in [2.45, 2.75) is 0 Å². The van der Waals surface area contributed by atoms with E-state index in [9.17, 15) is 0 Å². The fraction of sp³-hybridized carbons (Fsp3) is 0.316. The van der Waals surface area contributed by atoms with E-state index >= 15 is 0 Å². The Kier molecular flexibility index (Phi) is 3.86. The number of anilines is 1. The van der Waals surface area contributed by atoms with Crippen LogP contribution in [-0.4, -0.2) is 54.6 Å². The molecule has 24 heavy (non-hydrogen) atoms. The van der Waals surface area contributed by atoms with Crippen molar-refractivity contribution in [2.24, 2.45) is 0 Å². The molecule has 5 heteroatoms. The van der Waals surface area contributed by atoms with Gasteiger partial charge in [-0.2, -0.15) is 0 Å². The molecule has 0 atom stereocenters. The van der Waals surface area contributed by atoms with E-state index < -0.39 is 0 Å². The zero-order valence-electron chi connectivity index (χ0n) is 14.1. The summed E-state index contributed by atoms with van der Waals surface area (Å²) < 4.78 is 7.48. The summed E-state index contributed by atoms with van der Waals surface area (Å²) >= 11 is 0. The van der Waals surface area contributed by atoms with Crippen molar-refractivity contribution < 1.29 is 4.74 Å². The maximum absolute atomic E-state index is 5.25. The van der Waals surface area contributed by atoms with Crippen molar-refractivity contribution in [3.8, 4) is 17.0 Å². The van der Waals surface area contributed by atoms with Gasteiger partial charge in [0, 0.05) is 38.6 Å². The van der Waals surface area contributed by atoms with Crippen LogP contribution in [0.15, 0.2) is 48.8 Å². The number of aromatic nitrogens is 2. The highest BCUT2D eigenvalue weighted by Crippen LogP contribution is 2.28. The van der Waals surface area contributed by atoms with E-state index in [1.807, 2.05) is 24.5 Å². The number of methoxy groups -OCH3 is 1. The van der Waals surface area contributed by atoms with E-state index in [0.29, 0.717) is 0 Å². The molecule has 3 aromatic rings. The van der Waals surface area contributed by atoms with Crippen molar-refractivity contribution >= 4 is 11.3 Å². The van der Waals surface area contributed by atoms with Crippen LogP contribution in [0, 0.1) is 0 Å². The Balaban J connectivity index is 1.73. The van der Waals surface area contributed by atoms with Crippen LogP contribution < -0.4 is 9.64 Å². The normalized spacial score (nSPS) is 15.8. The van der Waals surface area contributed by atoms with Gasteiger partial charge in [0.2, 0.25) is 0 Å². The minimum atomic E-state index is 0.874. The lowest BCUT2D eigenvalue weighted by Crippen LogP contribution is -2.44. The first-order chi connectivity index (χ1) is 11.8. The molecule has 1 aliphatic heterocycles. The Hall–Kier alpha value is -2.53. The molecule has 1 saturated heterocycles. The quantitative estimate of drug-likeness (QED) is 0.742. The monoisotopic (exact) mass is 322 g/mol. The van der Waals surface area contributed by atoms with Crippen LogP contribution in [0.25, 0.3) is 16.8 Å². The third-order valence-electron chi connectivity index (χ3n) is 4.75. The maximum atomic E-state index is 5.25. The van der Waals surface area contributed by atoms with Gasteiger partial charge in [0.15, 0.2) is 5.82 Å². The lowest BCUT2D eigenvalue weighted by atomic mass is 10.1. The van der Waals surface area contributed by atoms with Crippen molar-refractivity contribution in [1.82, 2.24) is 14.3 Å². The molecule has 0 bridgehead atoms. The Labute approximate surface area is 142 Å². The molecule has 2 aromatic heterocycles. The molecule has 0 radical (unpaired) electrons. The summed E-state index contributed by atoms with van der Waals surface area (Å²) in [7, 11) is 3.86. The number of hydrogen-bond donors (Lipinski definition) is 0. The summed E-state index contributed by atoms with van der Waals surface area (Å²) in [6.07, 6.45) is 3.93. The van der Waals surface area contributed by atoms with Gasteiger partial charge in [0.1, 0.15) is 5.75 Å². The number of likely N-dealkylation sites (N-methyl/N-ethyl adjacent to an activating group) is 1. The second-order valence-electron chi connectivity index (χ2n) is 6.24. The predicted molar refractivity (Wildman–Crippen MR) is 96.9 cm³/mol. The minimum absolute atomic E-state index is 0.874. The van der Waals surface area contributed by atoms with Crippen LogP contribution in [0.5, 0.6) is 5.75 Å². The largest absolute Gasteiger partial charge is 0.497 e. The van der Waals surface area contributed by atoms with Crippen molar-refractivity contribution in [3.63, 3.8) is 0 Å². The highest BCUT2D eigenvalue weighted by atomic mass is 16.5. The molecular weight excluding hydrogens is 300 g/mol. The summed E-state index contributed by atoms with van der Waals surface area (Å²) in [6.45, 7) is 4.20. The molecule has 1 aliphatic rings. The van der Waals surface area contributed by atoms with E-state index in [4.69, 9.17) is 4.74 Å². The number of nitrogens with zero attached hydrogens (tertiary/aromatic N) is 4. The summed E-state index contributed by atoms with van der Waals surface area (Å²) in [5.41, 5.74) is 3.50. The average molecular weight is 322 g/mol. The predicted octanol–water partition coefficient (Wildman–Crippen LogP) is 2.76. The lowest BCUT2D eigenvalue weighted by Gasteiger charge is -2.33. The van der Waals surface area contributed by atoms with Gasteiger partial charge < -0.3 is 18.9 Å². The molecule has 0 N–H and O–H groups in total. The second kappa shape index (κ2) is 6.17. The number of piperazine rings is 1. The van der Waals surface area contributed by atoms with E-state index in [0.717, 1.165) is 43.3 Å². The van der Waals surface area contributed by atoms with Crippen LogP contribution in [-0.2, 0) is 0 Å². The highest BCUT2D eigenvalue weighted by molar-refractivity contribution is 5.76. The molecule has 0 aliphatic carbocycles. The van der Waals surface area contributed by atoms with Crippen LogP contribution in [0.2, 0.25) is 0 Å². The third kappa shape index (κ3) is 2.61. The van der Waals surface area contributed by atoms with Crippen LogP contribution >= 0.6 is 0 Å². The van der Waals surface area contributed by atoms with Crippen molar-refractivity contribution in [2.75, 3.05) is 45.2 Å². The number of benzene rings is 1. The molecule has 0 spiro atoms. The van der Waals surface area contributed by atoms with Gasteiger partial charge >= 0.3 is 0 Å². The molecule has 124 valence electrons. The molecule has 3 heterocycles. The van der Waals surface area contributed by atoms with Gasteiger partial charge in [0.25, 0.3) is 0 Å². The molecule has 0 amide bonds. The average Bonchev–Trinajstić information content (AvgIpc) is 3.07. The summed E-state index contributed by atoms with van der Waals surface area (Å²) in [4.78, 5) is 9.40. The summed E-state index contributed by atoms with van der Waals surface area (Å²) in [5, 5.41) is 0. The standard InChI is InChI=1S/C19H22N4O/c1-21-11-13-22(14-12-21)19-18-8-7-17(23(18)10-9-20-19)15-3-5-16(24-2)6-4-15/h3-10H,11-14H2,1-2H3. The van der Waals surface area contributed by atoms with Crippen molar-refractivity contribution in [1.29, 1.82) is 0 Å². The topological polar surface area (TPSA) is 33.0 Å². The number of ether oxygens (including phenoxy) is 1. The van der Waals surface area contributed by atoms with Gasteiger partial charge in [-0.25, -0.2) is 4.98 Å². The van der Waals surface area contributed by atoms with E-state index in [2.05, 4.69) is 50.5 Å². The van der Waals surface area contributed by atoms with Gasteiger partial charge in [-0.15, -0.1) is 0 Å². The zero-order chi connectivity index (χ0) is 16.5. The van der Waals surface area contributed by atoms with Gasteiger partial charge in [-0.1, -0.05) is 0 Å². The second-order valence-corrected chi connectivity index (χ2v) is 6.24. The van der Waals surface area contributed by atoms with E-state index in [-0.39, 0.29) is 0 Å². The first kappa shape index (κ1) is 15.0. The third-order valence-corrected chi connectivity index (χ3v) is 4.75. The Bertz CT molecular complexity index is 832. The summed E-state index contributed by atoms with van der Waals surface area (Å²) in [6, 6.07) is 12.5. The zero-order valence-corrected chi connectivity index (χ0v) is 14.1. The fourth-order valence-electron chi connectivity index (χ4n) is 3.29. The van der Waals surface area contributed by atoms with Crippen LogP contribution in [0.1, 0.15) is 0 Å². The Morgan fingerprint density at radius 1 is 0.958 bits per heavy atom. The fourth-order valence-corrected chi connectivity index (χ4v) is 3.29. The number of rotatable bonds is 3. The first-order valence-corrected chi connectivity index (χ1v) is 8.30. The number of fused-ring (bicyclic) bond motifs is 1. The first-order valence-electron chi connectivity index (χ1n) is 8.30. The van der Waals surface area contributed by atoms with Crippen LogP contribution in [0.3, 0.4) is 0 Å². The molecule has 1 aromatic carbocycles. The molecule has 4 rings (SSSR count). The maximum Gasteiger partial charge on any atom is 0.153 e. The molecule has 0 saturated carbocycles. The van der Waals surface area contributed by atoms with Gasteiger partial charge in [0.05, 0.1) is 18.3 Å². The molecule has 5 nitrogen and oxygen atoms in total. The molecule has 0 unspecified atom stereocenters. The Morgan fingerprint density at radius 2 is 1.71 bits per heavy atom. The van der Waals surface area contributed by atoms with E-state index in [1.165, 1.54) is 11.3 Å². The molecule has 1 fully saturated rings.